The molecule has 0 spiro atoms. The third-order valence-electron chi connectivity index (χ3n) is 3.15. The van der Waals surface area contributed by atoms with Gasteiger partial charge in [-0.15, -0.1) is 0 Å². The Labute approximate surface area is 170 Å². The van der Waals surface area contributed by atoms with Crippen molar-refractivity contribution in [2.45, 2.75) is 20.5 Å². The van der Waals surface area contributed by atoms with Crippen LogP contribution in [-0.4, -0.2) is 18.7 Å². The Morgan fingerprint density at radius 2 is 2.04 bits per heavy atom. The van der Waals surface area contributed by atoms with Crippen molar-refractivity contribution in [1.29, 1.82) is 0 Å². The van der Waals surface area contributed by atoms with Crippen LogP contribution in [0.3, 0.4) is 0 Å². The van der Waals surface area contributed by atoms with E-state index in [0.29, 0.717) is 32.6 Å². The molecule has 0 saturated heterocycles. The molecule has 5 nitrogen and oxygen atoms in total. The van der Waals surface area contributed by atoms with Gasteiger partial charge in [0, 0.05) is 22.5 Å². The van der Waals surface area contributed by atoms with E-state index in [1.807, 2.05) is 19.1 Å². The first-order valence-corrected chi connectivity index (χ1v) is 9.28. The summed E-state index contributed by atoms with van der Waals surface area (Å²) in [7, 11) is 0. The smallest absolute Gasteiger partial charge is 0.236 e. The first kappa shape index (κ1) is 20.6. The van der Waals surface area contributed by atoms with E-state index in [1.54, 1.807) is 18.2 Å². The molecule has 2 aromatic carbocycles. The van der Waals surface area contributed by atoms with Crippen LogP contribution in [0, 0.1) is 0 Å². The number of hydrazone groups is 1. The van der Waals surface area contributed by atoms with Crippen LogP contribution in [-0.2, 0) is 11.4 Å². The molecule has 0 bridgehead atoms. The van der Waals surface area contributed by atoms with Gasteiger partial charge in [0.2, 0.25) is 5.91 Å². The normalized spacial score (nSPS) is 10.8. The highest BCUT2D eigenvalue weighted by Gasteiger charge is 2.13. The van der Waals surface area contributed by atoms with Crippen LogP contribution in [0.2, 0.25) is 10.0 Å². The number of rotatable bonds is 7. The average Bonchev–Trinajstić information content (AvgIpc) is 2.55. The van der Waals surface area contributed by atoms with E-state index in [1.165, 1.54) is 13.1 Å². The van der Waals surface area contributed by atoms with Gasteiger partial charge >= 0.3 is 0 Å². The maximum atomic E-state index is 10.9. The summed E-state index contributed by atoms with van der Waals surface area (Å²) >= 11 is 15.6. The molecular formula is C18H17BrCl2N2O3. The quantitative estimate of drug-likeness (QED) is 0.457. The number of nitrogens with zero attached hydrogens (tertiary/aromatic N) is 1. The van der Waals surface area contributed by atoms with E-state index in [4.69, 9.17) is 32.7 Å². The van der Waals surface area contributed by atoms with Gasteiger partial charge in [0.05, 0.1) is 17.3 Å². The molecule has 26 heavy (non-hydrogen) atoms. The minimum Gasteiger partial charge on any atom is -0.490 e. The maximum Gasteiger partial charge on any atom is 0.236 e. The van der Waals surface area contributed by atoms with Crippen LogP contribution < -0.4 is 14.9 Å². The largest absolute Gasteiger partial charge is 0.490 e. The summed E-state index contributed by atoms with van der Waals surface area (Å²) in [5, 5.41) is 4.96. The summed E-state index contributed by atoms with van der Waals surface area (Å²) in [6.07, 6.45) is 1.52. The Hall–Kier alpha value is -1.76. The third-order valence-corrected chi connectivity index (χ3v) is 4.33. The Balaban J connectivity index is 2.23. The SMILES string of the molecule is CCOc1cc(/C=N\NC(C)=O)cc(Br)c1OCc1ccc(Cl)cc1Cl. The van der Waals surface area contributed by atoms with Crippen molar-refractivity contribution in [3.8, 4) is 11.5 Å². The van der Waals surface area contributed by atoms with Crippen molar-refractivity contribution in [3.05, 3.63) is 56.0 Å². The second-order valence-corrected chi connectivity index (χ2v) is 6.91. The molecule has 2 rings (SSSR count). The lowest BCUT2D eigenvalue weighted by Gasteiger charge is -2.15. The fourth-order valence-electron chi connectivity index (χ4n) is 2.05. The topological polar surface area (TPSA) is 59.9 Å². The summed E-state index contributed by atoms with van der Waals surface area (Å²) in [4.78, 5) is 10.9. The van der Waals surface area contributed by atoms with Crippen molar-refractivity contribution < 1.29 is 14.3 Å². The average molecular weight is 460 g/mol. The molecule has 138 valence electrons. The number of carbonyl (C=O) groups excluding carboxylic acids is 1. The lowest BCUT2D eigenvalue weighted by Crippen LogP contribution is -2.12. The number of hydrogen-bond acceptors (Lipinski definition) is 4. The van der Waals surface area contributed by atoms with Crippen LogP contribution >= 0.6 is 39.1 Å². The van der Waals surface area contributed by atoms with Gasteiger partial charge in [0.15, 0.2) is 11.5 Å². The highest BCUT2D eigenvalue weighted by Crippen LogP contribution is 2.37. The second-order valence-electron chi connectivity index (χ2n) is 5.21. The van der Waals surface area contributed by atoms with Crippen molar-refractivity contribution in [3.63, 3.8) is 0 Å². The monoisotopic (exact) mass is 458 g/mol. The summed E-state index contributed by atoms with van der Waals surface area (Å²) in [5.74, 6) is 0.857. The fraction of sp³-hybridized carbons (Fsp3) is 0.222. The molecule has 0 aliphatic rings. The highest BCUT2D eigenvalue weighted by atomic mass is 79.9. The molecule has 0 aliphatic heterocycles. The molecule has 1 N–H and O–H groups in total. The standard InChI is InChI=1S/C18H17BrCl2N2O3/c1-3-25-17-7-12(9-22-23-11(2)24)6-15(19)18(17)26-10-13-4-5-14(20)8-16(13)21/h4-9H,3,10H2,1-2H3,(H,23,24)/b22-9-. The molecule has 1 amide bonds. The van der Waals surface area contributed by atoms with Gasteiger partial charge in [-0.25, -0.2) is 5.43 Å². The van der Waals surface area contributed by atoms with Crippen LogP contribution in [0.5, 0.6) is 11.5 Å². The Morgan fingerprint density at radius 1 is 1.27 bits per heavy atom. The van der Waals surface area contributed by atoms with Gasteiger partial charge in [-0.2, -0.15) is 5.10 Å². The van der Waals surface area contributed by atoms with Gasteiger partial charge in [0.1, 0.15) is 6.61 Å². The fourth-order valence-corrected chi connectivity index (χ4v) is 3.09. The Bertz CT molecular complexity index is 828. The second kappa shape index (κ2) is 9.80. The minimum absolute atomic E-state index is 0.245. The molecule has 0 atom stereocenters. The molecule has 0 radical (unpaired) electrons. The zero-order valence-corrected chi connectivity index (χ0v) is 17.3. The number of benzene rings is 2. The van der Waals surface area contributed by atoms with E-state index in [-0.39, 0.29) is 12.5 Å². The van der Waals surface area contributed by atoms with Crippen molar-refractivity contribution in [2.24, 2.45) is 5.10 Å². The first-order chi connectivity index (χ1) is 12.4. The third kappa shape index (κ3) is 5.90. The van der Waals surface area contributed by atoms with Gasteiger partial charge in [-0.1, -0.05) is 29.3 Å². The highest BCUT2D eigenvalue weighted by molar-refractivity contribution is 9.10. The molecule has 0 fully saturated rings. The van der Waals surface area contributed by atoms with E-state index in [9.17, 15) is 4.79 Å². The zero-order valence-electron chi connectivity index (χ0n) is 14.2. The summed E-state index contributed by atoms with van der Waals surface area (Å²) in [6, 6.07) is 8.83. The van der Waals surface area contributed by atoms with E-state index >= 15 is 0 Å². The van der Waals surface area contributed by atoms with E-state index < -0.39 is 0 Å². The van der Waals surface area contributed by atoms with Crippen molar-refractivity contribution >= 4 is 51.3 Å². The van der Waals surface area contributed by atoms with Crippen molar-refractivity contribution in [2.75, 3.05) is 6.61 Å². The van der Waals surface area contributed by atoms with Crippen LogP contribution in [0.1, 0.15) is 25.0 Å². The summed E-state index contributed by atoms with van der Waals surface area (Å²) in [6.45, 7) is 3.99. The predicted molar refractivity (Wildman–Crippen MR) is 108 cm³/mol. The lowest BCUT2D eigenvalue weighted by molar-refractivity contribution is -0.118. The van der Waals surface area contributed by atoms with E-state index in [2.05, 4.69) is 26.5 Å². The number of amides is 1. The van der Waals surface area contributed by atoms with Crippen LogP contribution in [0.25, 0.3) is 0 Å². The van der Waals surface area contributed by atoms with Crippen molar-refractivity contribution in [1.82, 2.24) is 5.43 Å². The first-order valence-electron chi connectivity index (χ1n) is 7.73. The minimum atomic E-state index is -0.245. The Kier molecular flexibility index (Phi) is 7.75. The molecule has 0 heterocycles. The number of carbonyl (C=O) groups is 1. The van der Waals surface area contributed by atoms with Gasteiger partial charge in [0.25, 0.3) is 0 Å². The van der Waals surface area contributed by atoms with Gasteiger partial charge in [-0.3, -0.25) is 4.79 Å². The predicted octanol–water partition coefficient (Wildman–Crippen LogP) is 5.20. The summed E-state index contributed by atoms with van der Waals surface area (Å²) in [5.41, 5.74) is 3.90. The molecule has 0 unspecified atom stereocenters. The molecule has 0 aliphatic carbocycles. The van der Waals surface area contributed by atoms with Crippen LogP contribution in [0.4, 0.5) is 0 Å². The lowest BCUT2D eigenvalue weighted by atomic mass is 10.2. The zero-order chi connectivity index (χ0) is 19.1. The number of hydrogen-bond donors (Lipinski definition) is 1. The summed E-state index contributed by atoms with van der Waals surface area (Å²) < 4.78 is 12.3. The maximum absolute atomic E-state index is 10.9. The molecule has 8 heteroatoms. The number of ether oxygens (including phenoxy) is 2. The molecule has 0 aromatic heterocycles. The molecule has 0 saturated carbocycles. The molecule has 2 aromatic rings. The number of nitrogens with one attached hydrogen (secondary N) is 1. The van der Waals surface area contributed by atoms with Crippen LogP contribution in [0.15, 0.2) is 39.9 Å². The van der Waals surface area contributed by atoms with Gasteiger partial charge < -0.3 is 9.47 Å². The van der Waals surface area contributed by atoms with E-state index in [0.717, 1.165) is 11.1 Å². The Morgan fingerprint density at radius 3 is 2.69 bits per heavy atom. The van der Waals surface area contributed by atoms with Gasteiger partial charge in [-0.05, 0) is 52.7 Å². The number of halogens is 3. The molecular weight excluding hydrogens is 443 g/mol.